The molecule has 4 nitrogen and oxygen atoms in total. The number of piperidine rings is 1. The first-order valence-electron chi connectivity index (χ1n) is 9.80. The van der Waals surface area contributed by atoms with Crippen molar-refractivity contribution < 1.29 is 23.0 Å². The highest BCUT2D eigenvalue weighted by Gasteiger charge is 2.51. The minimum absolute atomic E-state index is 0.0608. The van der Waals surface area contributed by atoms with Crippen LogP contribution >= 0.6 is 0 Å². The molecule has 2 saturated carbocycles. The van der Waals surface area contributed by atoms with Gasteiger partial charge in [0.25, 0.3) is 0 Å². The number of alkyl halides is 2. The third-order valence-electron chi connectivity index (χ3n) is 6.81. The number of amides is 1. The molecule has 0 radical (unpaired) electrons. The first-order chi connectivity index (χ1) is 12.0. The monoisotopic (exact) mass is 357 g/mol. The molecule has 0 bridgehead atoms. The second kappa shape index (κ2) is 6.76. The molecule has 25 heavy (non-hydrogen) atoms. The molecule has 6 heteroatoms. The summed E-state index contributed by atoms with van der Waals surface area (Å²) in [6.45, 7) is 4.53. The van der Waals surface area contributed by atoms with E-state index >= 15 is 0 Å². The van der Waals surface area contributed by atoms with Crippen LogP contribution in [-0.4, -0.2) is 56.2 Å². The smallest absolute Gasteiger partial charge is 0.249 e. The molecule has 1 amide bonds. The largest absolute Gasteiger partial charge is 0.381 e. The first-order valence-corrected chi connectivity index (χ1v) is 9.80. The third kappa shape index (κ3) is 3.85. The highest BCUT2D eigenvalue weighted by Crippen LogP contribution is 2.47. The molecule has 0 N–H and O–H groups in total. The number of halogens is 2. The summed E-state index contributed by atoms with van der Waals surface area (Å²) in [6, 6.07) is 0. The number of hydrogen-bond donors (Lipinski definition) is 0. The molecule has 0 aromatic rings. The second-order valence-electron chi connectivity index (χ2n) is 8.65. The van der Waals surface area contributed by atoms with Gasteiger partial charge in [-0.1, -0.05) is 0 Å². The highest BCUT2D eigenvalue weighted by atomic mass is 19.3. The van der Waals surface area contributed by atoms with Crippen LogP contribution in [0.1, 0.15) is 44.9 Å². The summed E-state index contributed by atoms with van der Waals surface area (Å²) in [5.74, 6) is -1.99. The lowest BCUT2D eigenvalue weighted by molar-refractivity contribution is -0.164. The molecular weight excluding hydrogens is 328 g/mol. The Bertz CT molecular complexity index is 493. The summed E-state index contributed by atoms with van der Waals surface area (Å²) in [5, 5.41) is 0. The maximum Gasteiger partial charge on any atom is 0.249 e. The summed E-state index contributed by atoms with van der Waals surface area (Å²) in [6.07, 6.45) is 4.98. The normalized spacial score (nSPS) is 31.8. The van der Waals surface area contributed by atoms with Crippen LogP contribution in [0.2, 0.25) is 0 Å². The van der Waals surface area contributed by atoms with Crippen molar-refractivity contribution in [3.05, 3.63) is 0 Å². The van der Waals surface area contributed by atoms with Crippen LogP contribution in [0.15, 0.2) is 0 Å². The number of carbonyl (C=O) groups excluding carboxylic acids is 1. The Morgan fingerprint density at radius 3 is 2.48 bits per heavy atom. The van der Waals surface area contributed by atoms with Gasteiger partial charge in [0.05, 0.1) is 13.2 Å². The minimum Gasteiger partial charge on any atom is -0.381 e. The predicted octanol–water partition coefficient (Wildman–Crippen LogP) is 3.10. The average Bonchev–Trinajstić information content (AvgIpc) is 3.39. The number of nitrogens with zero attached hydrogens (tertiary/aromatic N) is 1. The fraction of sp³-hybridized carbons (Fsp3) is 0.947. The SMILES string of the molecule is O=C(C1CC(F)(F)C1)N1CCC2(CCOCC2COCC2CC2)CC1. The zero-order valence-electron chi connectivity index (χ0n) is 14.9. The Balaban J connectivity index is 1.29. The van der Waals surface area contributed by atoms with Crippen LogP contribution in [-0.2, 0) is 14.3 Å². The number of likely N-dealkylation sites (tertiary alicyclic amines) is 1. The van der Waals surface area contributed by atoms with E-state index in [-0.39, 0.29) is 24.2 Å². The van der Waals surface area contributed by atoms with E-state index in [9.17, 15) is 13.6 Å². The van der Waals surface area contributed by atoms with Crippen LogP contribution in [0, 0.1) is 23.2 Å². The summed E-state index contributed by atoms with van der Waals surface area (Å²) in [7, 11) is 0. The van der Waals surface area contributed by atoms with E-state index < -0.39 is 11.8 Å². The molecule has 2 aliphatic carbocycles. The van der Waals surface area contributed by atoms with Gasteiger partial charge in [-0.15, -0.1) is 0 Å². The van der Waals surface area contributed by atoms with Gasteiger partial charge in [-0.2, -0.15) is 0 Å². The van der Waals surface area contributed by atoms with Crippen molar-refractivity contribution in [2.45, 2.75) is 50.9 Å². The summed E-state index contributed by atoms with van der Waals surface area (Å²) in [4.78, 5) is 14.2. The van der Waals surface area contributed by atoms with Crippen LogP contribution in [0.3, 0.4) is 0 Å². The van der Waals surface area contributed by atoms with E-state index in [0.717, 1.165) is 51.6 Å². The molecule has 4 fully saturated rings. The second-order valence-corrected chi connectivity index (χ2v) is 8.65. The fourth-order valence-corrected chi connectivity index (χ4v) is 4.69. The Hall–Kier alpha value is -0.750. The number of rotatable bonds is 5. The zero-order valence-corrected chi connectivity index (χ0v) is 14.9. The van der Waals surface area contributed by atoms with E-state index in [1.165, 1.54) is 12.8 Å². The van der Waals surface area contributed by atoms with Crippen molar-refractivity contribution in [1.82, 2.24) is 4.90 Å². The Kier molecular flexibility index (Phi) is 4.78. The number of carbonyl (C=O) groups is 1. The van der Waals surface area contributed by atoms with Gasteiger partial charge in [-0.3, -0.25) is 4.79 Å². The molecule has 2 aliphatic heterocycles. The van der Waals surface area contributed by atoms with Crippen molar-refractivity contribution in [2.75, 3.05) is 39.5 Å². The van der Waals surface area contributed by atoms with Gasteiger partial charge in [0.1, 0.15) is 0 Å². The van der Waals surface area contributed by atoms with Crippen molar-refractivity contribution in [3.63, 3.8) is 0 Å². The standard InChI is InChI=1S/C19H29F2NO3/c20-19(21)9-15(10-19)17(23)22-6-3-18(4-7-22)5-8-24-12-16(18)13-25-11-14-1-2-14/h14-16H,1-13H2. The molecule has 4 rings (SSSR count). The van der Waals surface area contributed by atoms with E-state index in [1.807, 2.05) is 4.90 Å². The van der Waals surface area contributed by atoms with Gasteiger partial charge in [0.15, 0.2) is 0 Å². The number of ether oxygens (including phenoxy) is 2. The molecule has 0 aromatic heterocycles. The van der Waals surface area contributed by atoms with E-state index in [2.05, 4.69) is 0 Å². The van der Waals surface area contributed by atoms with Crippen molar-refractivity contribution in [1.29, 1.82) is 0 Å². The molecular formula is C19H29F2NO3. The lowest BCUT2D eigenvalue weighted by atomic mass is 9.66. The van der Waals surface area contributed by atoms with Gasteiger partial charge >= 0.3 is 0 Å². The molecule has 2 heterocycles. The van der Waals surface area contributed by atoms with Crippen LogP contribution in [0.5, 0.6) is 0 Å². The van der Waals surface area contributed by atoms with Crippen LogP contribution in [0.25, 0.3) is 0 Å². The maximum atomic E-state index is 13.0. The van der Waals surface area contributed by atoms with Gasteiger partial charge < -0.3 is 14.4 Å². The molecule has 1 unspecified atom stereocenters. The van der Waals surface area contributed by atoms with Gasteiger partial charge in [0.2, 0.25) is 11.8 Å². The summed E-state index contributed by atoms with van der Waals surface area (Å²) >= 11 is 0. The zero-order chi connectivity index (χ0) is 17.5. The highest BCUT2D eigenvalue weighted by molar-refractivity contribution is 5.80. The summed E-state index contributed by atoms with van der Waals surface area (Å²) in [5.41, 5.74) is 0.197. The van der Waals surface area contributed by atoms with E-state index in [1.54, 1.807) is 0 Å². The lowest BCUT2D eigenvalue weighted by Crippen LogP contribution is -2.53. The maximum absolute atomic E-state index is 13.0. The fourth-order valence-electron chi connectivity index (χ4n) is 4.69. The topological polar surface area (TPSA) is 38.8 Å². The third-order valence-corrected chi connectivity index (χ3v) is 6.81. The molecule has 1 spiro atoms. The first kappa shape index (κ1) is 17.7. The molecule has 0 aromatic carbocycles. The van der Waals surface area contributed by atoms with Crippen molar-refractivity contribution >= 4 is 5.91 Å². The van der Waals surface area contributed by atoms with E-state index in [4.69, 9.17) is 9.47 Å². The Labute approximate surface area is 148 Å². The van der Waals surface area contributed by atoms with Gasteiger partial charge in [0, 0.05) is 51.0 Å². The molecule has 4 aliphatic rings. The van der Waals surface area contributed by atoms with Gasteiger partial charge in [-0.25, -0.2) is 8.78 Å². The molecule has 142 valence electrons. The Morgan fingerprint density at radius 1 is 1.12 bits per heavy atom. The number of hydrogen-bond acceptors (Lipinski definition) is 3. The van der Waals surface area contributed by atoms with Crippen LogP contribution < -0.4 is 0 Å². The summed E-state index contributed by atoms with van der Waals surface area (Å²) < 4.78 is 37.7. The average molecular weight is 357 g/mol. The van der Waals surface area contributed by atoms with E-state index in [0.29, 0.717) is 19.0 Å². The quantitative estimate of drug-likeness (QED) is 0.759. The van der Waals surface area contributed by atoms with Crippen molar-refractivity contribution in [2.24, 2.45) is 23.2 Å². The molecule has 2 saturated heterocycles. The minimum atomic E-state index is -2.62. The Morgan fingerprint density at radius 2 is 1.84 bits per heavy atom. The molecule has 1 atom stereocenters. The predicted molar refractivity (Wildman–Crippen MR) is 88.4 cm³/mol. The van der Waals surface area contributed by atoms with Crippen molar-refractivity contribution in [3.8, 4) is 0 Å². The lowest BCUT2D eigenvalue weighted by Gasteiger charge is -2.50. The van der Waals surface area contributed by atoms with Crippen LogP contribution in [0.4, 0.5) is 8.78 Å². The van der Waals surface area contributed by atoms with Gasteiger partial charge in [-0.05, 0) is 43.4 Å².